The Morgan fingerprint density at radius 2 is 1.23 bits per heavy atom. The molecule has 1 aromatic rings. The van der Waals surface area contributed by atoms with Crippen molar-refractivity contribution in [3.8, 4) is 0 Å². The van der Waals surface area contributed by atoms with E-state index in [1.165, 1.54) is 12.1 Å². The molecule has 0 aliphatic heterocycles. The van der Waals surface area contributed by atoms with Crippen molar-refractivity contribution < 1.29 is 49.0 Å². The number of ether oxygens (including phenoxy) is 4. The van der Waals surface area contributed by atoms with E-state index in [4.69, 9.17) is 29.2 Å². The van der Waals surface area contributed by atoms with Gasteiger partial charge in [0.2, 0.25) is 0 Å². The van der Waals surface area contributed by atoms with Crippen LogP contribution >= 0.6 is 0 Å². The summed E-state index contributed by atoms with van der Waals surface area (Å²) in [6.45, 7) is 1.52. The van der Waals surface area contributed by atoms with E-state index in [9.17, 15) is 19.8 Å². The van der Waals surface area contributed by atoms with Crippen LogP contribution in [0.1, 0.15) is 44.7 Å². The van der Waals surface area contributed by atoms with Crippen molar-refractivity contribution in [2.75, 3.05) is 52.9 Å². The molecule has 0 fully saturated rings. The smallest absolute Gasteiger partial charge is 0.336 e. The molecule has 0 saturated carbocycles. The van der Waals surface area contributed by atoms with E-state index >= 15 is 0 Å². The largest absolute Gasteiger partial charge is 0.478 e. The maximum Gasteiger partial charge on any atom is 0.336 e. The fourth-order valence-electron chi connectivity index (χ4n) is 2.65. The maximum absolute atomic E-state index is 11.8. The Morgan fingerprint density at radius 1 is 0.700 bits per heavy atom. The Kier molecular flexibility index (Phi) is 13.6. The van der Waals surface area contributed by atoms with Crippen molar-refractivity contribution in [1.29, 1.82) is 0 Å². The average Bonchev–Trinajstić information content (AvgIpc) is 2.71. The van der Waals surface area contributed by atoms with Gasteiger partial charge in [-0.1, -0.05) is 6.07 Å². The molecule has 1 rings (SSSR count). The Bertz CT molecular complexity index is 647. The van der Waals surface area contributed by atoms with E-state index in [2.05, 4.69) is 0 Å². The number of carboxylic acids is 2. The van der Waals surface area contributed by atoms with Crippen LogP contribution in [0.5, 0.6) is 0 Å². The Labute approximate surface area is 174 Å². The molecule has 170 valence electrons. The van der Waals surface area contributed by atoms with Gasteiger partial charge in [0, 0.05) is 32.0 Å². The molecule has 0 aliphatic rings. The van der Waals surface area contributed by atoms with Crippen LogP contribution in [0.3, 0.4) is 0 Å². The highest BCUT2D eigenvalue weighted by atomic mass is 16.5. The van der Waals surface area contributed by atoms with Gasteiger partial charge in [-0.2, -0.15) is 0 Å². The van der Waals surface area contributed by atoms with Crippen molar-refractivity contribution in [3.63, 3.8) is 0 Å². The molecule has 0 unspecified atom stereocenters. The van der Waals surface area contributed by atoms with Crippen LogP contribution in [-0.4, -0.2) is 85.2 Å². The van der Waals surface area contributed by atoms with Crippen molar-refractivity contribution >= 4 is 11.9 Å². The number of carboxylic acid groups (broad SMARTS) is 2. The lowest BCUT2D eigenvalue weighted by Crippen LogP contribution is -2.15. The minimum Gasteiger partial charge on any atom is -0.478 e. The Morgan fingerprint density at radius 3 is 1.73 bits per heavy atom. The first-order valence-electron chi connectivity index (χ1n) is 9.67. The molecule has 0 bridgehead atoms. The van der Waals surface area contributed by atoms with Crippen molar-refractivity contribution in [2.45, 2.75) is 26.1 Å². The van der Waals surface area contributed by atoms with E-state index < -0.39 is 11.9 Å². The summed E-state index contributed by atoms with van der Waals surface area (Å²) < 4.78 is 21.2. The zero-order valence-electron chi connectivity index (χ0n) is 16.9. The van der Waals surface area contributed by atoms with E-state index in [-0.39, 0.29) is 62.9 Å². The second-order valence-corrected chi connectivity index (χ2v) is 6.22. The molecule has 0 atom stereocenters. The number of benzene rings is 1. The summed E-state index contributed by atoms with van der Waals surface area (Å²) >= 11 is 0. The SMILES string of the molecule is O=C(O)c1ccc(COCCCOCCO)c(C(=O)O)c1COCCCOCCO. The van der Waals surface area contributed by atoms with Gasteiger partial charge in [0.15, 0.2) is 0 Å². The standard InChI is InChI=1S/C20H30O10/c21-5-11-27-7-1-9-29-13-15-3-4-16(19(23)24)17(18(15)20(25)26)14-30-10-2-8-28-12-6-22/h3-4,21-22H,1-2,5-14H2,(H,23,24)(H,25,26). The van der Waals surface area contributed by atoms with Crippen LogP contribution in [0.4, 0.5) is 0 Å². The first-order valence-corrected chi connectivity index (χ1v) is 9.67. The lowest BCUT2D eigenvalue weighted by molar-refractivity contribution is 0.0549. The minimum absolute atomic E-state index is 0.00350. The molecule has 0 spiro atoms. The van der Waals surface area contributed by atoms with Gasteiger partial charge in [-0.3, -0.25) is 0 Å². The highest BCUT2D eigenvalue weighted by molar-refractivity contribution is 5.97. The van der Waals surface area contributed by atoms with Gasteiger partial charge in [-0.25, -0.2) is 9.59 Å². The van der Waals surface area contributed by atoms with Crippen molar-refractivity contribution in [2.24, 2.45) is 0 Å². The lowest BCUT2D eigenvalue weighted by Gasteiger charge is -2.15. The number of aliphatic hydroxyl groups excluding tert-OH is 2. The van der Waals surface area contributed by atoms with Gasteiger partial charge >= 0.3 is 11.9 Å². The molecule has 10 nitrogen and oxygen atoms in total. The van der Waals surface area contributed by atoms with Crippen LogP contribution in [0.2, 0.25) is 0 Å². The summed E-state index contributed by atoms with van der Waals surface area (Å²) in [4.78, 5) is 23.4. The zero-order chi connectivity index (χ0) is 22.2. The predicted molar refractivity (Wildman–Crippen MR) is 105 cm³/mol. The minimum atomic E-state index is -1.26. The van der Waals surface area contributed by atoms with Gasteiger partial charge in [0.05, 0.1) is 50.8 Å². The fourth-order valence-corrected chi connectivity index (χ4v) is 2.65. The molecule has 1 aromatic carbocycles. The van der Waals surface area contributed by atoms with Crippen LogP contribution in [0.15, 0.2) is 12.1 Å². The quantitative estimate of drug-likeness (QED) is 0.247. The van der Waals surface area contributed by atoms with Gasteiger partial charge in [0.1, 0.15) is 0 Å². The summed E-state index contributed by atoms with van der Waals surface area (Å²) in [5.74, 6) is -2.50. The van der Waals surface area contributed by atoms with Crippen LogP contribution in [-0.2, 0) is 32.2 Å². The summed E-state index contributed by atoms with van der Waals surface area (Å²) in [5, 5.41) is 36.4. The van der Waals surface area contributed by atoms with Crippen molar-refractivity contribution in [1.82, 2.24) is 0 Å². The Balaban J connectivity index is 2.74. The highest BCUT2D eigenvalue weighted by Crippen LogP contribution is 2.22. The normalized spacial score (nSPS) is 11.0. The van der Waals surface area contributed by atoms with Crippen LogP contribution < -0.4 is 0 Å². The fraction of sp³-hybridized carbons (Fsp3) is 0.600. The number of hydrogen-bond donors (Lipinski definition) is 4. The molecule has 0 aliphatic carbocycles. The Hall–Kier alpha value is -2.08. The third kappa shape index (κ3) is 9.61. The van der Waals surface area contributed by atoms with E-state index in [0.29, 0.717) is 38.2 Å². The second kappa shape index (κ2) is 15.7. The number of rotatable bonds is 18. The third-order valence-corrected chi connectivity index (χ3v) is 3.97. The molecule has 10 heteroatoms. The third-order valence-electron chi connectivity index (χ3n) is 3.97. The zero-order valence-corrected chi connectivity index (χ0v) is 16.9. The van der Waals surface area contributed by atoms with Crippen molar-refractivity contribution in [3.05, 3.63) is 34.4 Å². The van der Waals surface area contributed by atoms with Gasteiger partial charge < -0.3 is 39.4 Å². The summed E-state index contributed by atoms with van der Waals surface area (Å²) in [7, 11) is 0. The molecular formula is C20H30O10. The number of hydrogen-bond acceptors (Lipinski definition) is 8. The highest BCUT2D eigenvalue weighted by Gasteiger charge is 2.22. The van der Waals surface area contributed by atoms with Crippen LogP contribution in [0, 0.1) is 0 Å². The molecule has 30 heavy (non-hydrogen) atoms. The maximum atomic E-state index is 11.8. The van der Waals surface area contributed by atoms with E-state index in [1.54, 1.807) is 0 Å². The number of aliphatic hydroxyl groups is 2. The van der Waals surface area contributed by atoms with Gasteiger partial charge in [-0.15, -0.1) is 0 Å². The topological polar surface area (TPSA) is 152 Å². The summed E-state index contributed by atoms with van der Waals surface area (Å²) in [5.41, 5.74) is 0.167. The first-order chi connectivity index (χ1) is 14.5. The first kappa shape index (κ1) is 26.0. The van der Waals surface area contributed by atoms with E-state index in [0.717, 1.165) is 0 Å². The summed E-state index contributed by atoms with van der Waals surface area (Å²) in [6, 6.07) is 2.78. The molecule has 4 N–H and O–H groups in total. The number of aromatic carboxylic acids is 2. The molecule has 0 radical (unpaired) electrons. The second-order valence-electron chi connectivity index (χ2n) is 6.22. The molecule has 0 heterocycles. The van der Waals surface area contributed by atoms with Crippen LogP contribution in [0.25, 0.3) is 0 Å². The monoisotopic (exact) mass is 430 g/mol. The molecule has 0 aromatic heterocycles. The molecular weight excluding hydrogens is 400 g/mol. The lowest BCUT2D eigenvalue weighted by atomic mass is 9.96. The average molecular weight is 430 g/mol. The molecule has 0 saturated heterocycles. The van der Waals surface area contributed by atoms with Gasteiger partial charge in [-0.05, 0) is 24.5 Å². The number of carbonyl (C=O) groups is 2. The molecule has 0 amide bonds. The summed E-state index contributed by atoms with van der Waals surface area (Å²) in [6.07, 6.45) is 1.09. The van der Waals surface area contributed by atoms with E-state index in [1.807, 2.05) is 0 Å². The predicted octanol–water partition coefficient (Wildman–Crippen LogP) is 0.914. The van der Waals surface area contributed by atoms with Gasteiger partial charge in [0.25, 0.3) is 0 Å².